The molecule has 2 saturated heterocycles. The number of pyridine rings is 1. The maximum atomic E-state index is 12.3. The van der Waals surface area contributed by atoms with Crippen LogP contribution in [0, 0.1) is 0 Å². The molecule has 1 aromatic heterocycles. The lowest BCUT2D eigenvalue weighted by molar-refractivity contribution is -0.0141. The summed E-state index contributed by atoms with van der Waals surface area (Å²) in [4.78, 5) is 21.1. The van der Waals surface area contributed by atoms with Gasteiger partial charge in [0.1, 0.15) is 0 Å². The van der Waals surface area contributed by atoms with Gasteiger partial charge >= 0.3 is 6.03 Å². The van der Waals surface area contributed by atoms with Crippen LogP contribution >= 0.6 is 0 Å². The van der Waals surface area contributed by atoms with E-state index >= 15 is 0 Å². The Kier molecular flexibility index (Phi) is 4.62. The number of likely N-dealkylation sites (tertiary alicyclic amines) is 2. The number of nitrogens with zero attached hydrogens (tertiary/aromatic N) is 3. The summed E-state index contributed by atoms with van der Waals surface area (Å²) < 4.78 is 0. The predicted octanol–water partition coefficient (Wildman–Crippen LogP) is 2.24. The average Bonchev–Trinajstić information content (AvgIpc) is 2.52. The van der Waals surface area contributed by atoms with Crippen LogP contribution in [0.3, 0.4) is 0 Å². The first kappa shape index (κ1) is 15.3. The molecule has 1 N–H and O–H groups in total. The number of nitrogens with one attached hydrogen (secondary N) is 1. The number of rotatable bonds is 4. The number of carbonyl (C=O) groups excluding carboxylic acids is 1. The Bertz CT molecular complexity index is 493. The highest BCUT2D eigenvalue weighted by atomic mass is 16.2. The van der Waals surface area contributed by atoms with E-state index in [0.29, 0.717) is 12.1 Å². The molecular weight excluding hydrogens is 276 g/mol. The molecule has 0 radical (unpaired) electrons. The average molecular weight is 302 g/mol. The van der Waals surface area contributed by atoms with Crippen molar-refractivity contribution in [2.24, 2.45) is 0 Å². The largest absolute Gasteiger partial charge is 0.332 e. The fourth-order valence-corrected chi connectivity index (χ4v) is 3.59. The highest BCUT2D eigenvalue weighted by Gasteiger charge is 2.41. The van der Waals surface area contributed by atoms with Crippen LogP contribution in [0.1, 0.15) is 38.3 Å². The summed E-state index contributed by atoms with van der Waals surface area (Å²) in [6.07, 6.45) is 6.47. The molecule has 0 aromatic carbocycles. The molecule has 1 aromatic rings. The number of hydrogen-bond donors (Lipinski definition) is 1. The van der Waals surface area contributed by atoms with Crippen molar-refractivity contribution in [3.05, 3.63) is 30.1 Å². The molecule has 3 rings (SSSR count). The van der Waals surface area contributed by atoms with Crippen molar-refractivity contribution in [3.63, 3.8) is 0 Å². The highest BCUT2D eigenvalue weighted by Crippen LogP contribution is 2.35. The third kappa shape index (κ3) is 3.09. The molecule has 0 spiro atoms. The first-order valence-corrected chi connectivity index (χ1v) is 8.41. The molecule has 120 valence electrons. The Labute approximate surface area is 132 Å². The molecule has 0 unspecified atom stereocenters. The zero-order valence-electron chi connectivity index (χ0n) is 13.4. The van der Waals surface area contributed by atoms with E-state index in [1.807, 2.05) is 23.1 Å². The summed E-state index contributed by atoms with van der Waals surface area (Å²) in [6, 6.07) is 5.80. The van der Waals surface area contributed by atoms with Gasteiger partial charge in [0, 0.05) is 24.8 Å². The summed E-state index contributed by atoms with van der Waals surface area (Å²) in [7, 11) is 0. The number of amides is 2. The van der Waals surface area contributed by atoms with Crippen LogP contribution in [0.4, 0.5) is 4.79 Å². The molecule has 5 heteroatoms. The SMILES string of the molecule is CCC1(N2CCC2)CCN(C(=O)NCc2ccccn2)CC1. The van der Waals surface area contributed by atoms with Gasteiger partial charge in [0.25, 0.3) is 0 Å². The molecule has 0 bridgehead atoms. The van der Waals surface area contributed by atoms with E-state index in [1.165, 1.54) is 25.9 Å². The topological polar surface area (TPSA) is 48.5 Å². The lowest BCUT2D eigenvalue weighted by atomic mass is 9.81. The van der Waals surface area contributed by atoms with E-state index in [0.717, 1.165) is 31.6 Å². The molecule has 22 heavy (non-hydrogen) atoms. The second-order valence-corrected chi connectivity index (χ2v) is 6.39. The smallest absolute Gasteiger partial charge is 0.317 e. The molecule has 2 fully saturated rings. The van der Waals surface area contributed by atoms with E-state index in [4.69, 9.17) is 0 Å². The minimum atomic E-state index is 0.0407. The summed E-state index contributed by atoms with van der Waals surface area (Å²) in [5, 5.41) is 2.98. The van der Waals surface area contributed by atoms with Crippen LogP contribution in [0.15, 0.2) is 24.4 Å². The molecule has 2 aliphatic rings. The maximum absolute atomic E-state index is 12.3. The number of aromatic nitrogens is 1. The van der Waals surface area contributed by atoms with Crippen LogP contribution in [-0.4, -0.2) is 52.5 Å². The maximum Gasteiger partial charge on any atom is 0.317 e. The monoisotopic (exact) mass is 302 g/mol. The minimum absolute atomic E-state index is 0.0407. The third-order valence-electron chi connectivity index (χ3n) is 5.31. The fraction of sp³-hybridized carbons (Fsp3) is 0.647. The molecule has 0 aliphatic carbocycles. The van der Waals surface area contributed by atoms with Gasteiger partial charge in [-0.05, 0) is 50.9 Å². The van der Waals surface area contributed by atoms with Gasteiger partial charge in [-0.2, -0.15) is 0 Å². The van der Waals surface area contributed by atoms with Crippen LogP contribution in [0.25, 0.3) is 0 Å². The number of piperidine rings is 1. The Morgan fingerprint density at radius 3 is 2.59 bits per heavy atom. The van der Waals surface area contributed by atoms with E-state index in [1.54, 1.807) is 6.20 Å². The Balaban J connectivity index is 1.49. The normalized spacial score (nSPS) is 21.2. The standard InChI is InChI=1S/C17H26N4O/c1-2-17(21-10-5-11-21)7-12-20(13-8-17)16(22)19-14-15-6-3-4-9-18-15/h3-4,6,9H,2,5,7-8,10-14H2,1H3,(H,19,22). The fourth-order valence-electron chi connectivity index (χ4n) is 3.59. The minimum Gasteiger partial charge on any atom is -0.332 e. The first-order valence-electron chi connectivity index (χ1n) is 8.41. The van der Waals surface area contributed by atoms with Gasteiger partial charge in [0.15, 0.2) is 0 Å². The van der Waals surface area contributed by atoms with E-state index in [9.17, 15) is 4.79 Å². The Morgan fingerprint density at radius 2 is 2.05 bits per heavy atom. The van der Waals surface area contributed by atoms with Crippen LogP contribution < -0.4 is 5.32 Å². The molecular formula is C17H26N4O. The van der Waals surface area contributed by atoms with Crippen molar-refractivity contribution in [1.82, 2.24) is 20.1 Å². The van der Waals surface area contributed by atoms with E-state index < -0.39 is 0 Å². The van der Waals surface area contributed by atoms with Gasteiger partial charge in [-0.3, -0.25) is 9.88 Å². The summed E-state index contributed by atoms with van der Waals surface area (Å²) >= 11 is 0. The molecule has 3 heterocycles. The van der Waals surface area contributed by atoms with Gasteiger partial charge in [0.2, 0.25) is 0 Å². The second-order valence-electron chi connectivity index (χ2n) is 6.39. The number of carbonyl (C=O) groups is 1. The van der Waals surface area contributed by atoms with Crippen molar-refractivity contribution >= 4 is 6.03 Å². The molecule has 0 saturated carbocycles. The van der Waals surface area contributed by atoms with Crippen LogP contribution in [0.2, 0.25) is 0 Å². The first-order chi connectivity index (χ1) is 10.7. The Morgan fingerprint density at radius 1 is 1.27 bits per heavy atom. The van der Waals surface area contributed by atoms with Crippen molar-refractivity contribution in [2.75, 3.05) is 26.2 Å². The zero-order valence-corrected chi connectivity index (χ0v) is 13.4. The van der Waals surface area contributed by atoms with Gasteiger partial charge in [-0.15, -0.1) is 0 Å². The van der Waals surface area contributed by atoms with Gasteiger partial charge in [-0.1, -0.05) is 13.0 Å². The van der Waals surface area contributed by atoms with Crippen LogP contribution in [0.5, 0.6) is 0 Å². The van der Waals surface area contributed by atoms with Gasteiger partial charge in [0.05, 0.1) is 12.2 Å². The van der Waals surface area contributed by atoms with E-state index in [2.05, 4.69) is 22.1 Å². The van der Waals surface area contributed by atoms with E-state index in [-0.39, 0.29) is 6.03 Å². The molecule has 0 atom stereocenters. The van der Waals surface area contributed by atoms with Crippen molar-refractivity contribution < 1.29 is 4.79 Å². The third-order valence-corrected chi connectivity index (χ3v) is 5.31. The zero-order chi connectivity index (χ0) is 15.4. The number of urea groups is 1. The quantitative estimate of drug-likeness (QED) is 0.928. The van der Waals surface area contributed by atoms with Crippen molar-refractivity contribution in [3.8, 4) is 0 Å². The van der Waals surface area contributed by atoms with Crippen molar-refractivity contribution in [1.29, 1.82) is 0 Å². The summed E-state index contributed by atoms with van der Waals surface area (Å²) in [6.45, 7) is 6.98. The van der Waals surface area contributed by atoms with Crippen molar-refractivity contribution in [2.45, 2.75) is 44.7 Å². The van der Waals surface area contributed by atoms with Crippen LogP contribution in [-0.2, 0) is 6.54 Å². The predicted molar refractivity (Wildman–Crippen MR) is 86.5 cm³/mol. The van der Waals surface area contributed by atoms with Gasteiger partial charge in [-0.25, -0.2) is 4.79 Å². The Hall–Kier alpha value is -1.62. The highest BCUT2D eigenvalue weighted by molar-refractivity contribution is 5.74. The molecule has 2 aliphatic heterocycles. The molecule has 5 nitrogen and oxygen atoms in total. The second kappa shape index (κ2) is 6.65. The summed E-state index contributed by atoms with van der Waals surface area (Å²) in [5.41, 5.74) is 1.24. The lowest BCUT2D eigenvalue weighted by Crippen LogP contribution is -2.60. The van der Waals surface area contributed by atoms with Gasteiger partial charge < -0.3 is 10.2 Å². The molecule has 2 amide bonds. The number of hydrogen-bond acceptors (Lipinski definition) is 3. The summed E-state index contributed by atoms with van der Waals surface area (Å²) in [5.74, 6) is 0. The lowest BCUT2D eigenvalue weighted by Gasteiger charge is -2.52.